The molecular weight excluding hydrogens is 741 g/mol. The Labute approximate surface area is 354 Å². The van der Waals surface area contributed by atoms with Crippen LogP contribution in [0.5, 0.6) is 0 Å². The van der Waals surface area contributed by atoms with Crippen LogP contribution < -0.4 is 0 Å². The quantitative estimate of drug-likeness (QED) is 0.0496. The molecule has 0 unspecified atom stereocenters. The van der Waals surface area contributed by atoms with Crippen LogP contribution in [0, 0.1) is 21.7 Å². The van der Waals surface area contributed by atoms with Crippen LogP contribution in [0.3, 0.4) is 0 Å². The predicted molar refractivity (Wildman–Crippen MR) is 235 cm³/mol. The second-order valence-corrected chi connectivity index (χ2v) is 18.9. The van der Waals surface area contributed by atoms with Crippen molar-refractivity contribution < 1.29 is 39.4 Å². The lowest BCUT2D eigenvalue weighted by Crippen LogP contribution is -2.51. The number of hydrogen-bond acceptors (Lipinski definition) is 8. The number of hydrogen-bond donors (Lipinski definition) is 4. The maximum Gasteiger partial charge on any atom is 0.0720 e. The van der Waals surface area contributed by atoms with Gasteiger partial charge < -0.3 is 39.4 Å². The summed E-state index contributed by atoms with van der Waals surface area (Å²) in [6.45, 7) is 17.8. The Morgan fingerprint density at radius 2 is 0.644 bits per heavy atom. The largest absolute Gasteiger partial charge is 0.392 e. The van der Waals surface area contributed by atoms with Crippen molar-refractivity contribution in [2.24, 2.45) is 21.7 Å². The third-order valence-corrected chi connectivity index (χ3v) is 12.3. The van der Waals surface area contributed by atoms with Crippen LogP contribution in [0.2, 0.25) is 0 Å². The molecule has 0 aromatic heterocycles. The van der Waals surface area contributed by atoms with Crippen LogP contribution in [-0.2, 0) is 45.4 Å². The Hall–Kier alpha value is -3.44. The molecule has 0 amide bonds. The van der Waals surface area contributed by atoms with Crippen molar-refractivity contribution in [2.75, 3.05) is 13.2 Å². The van der Waals surface area contributed by atoms with Crippen molar-refractivity contribution >= 4 is 0 Å². The molecule has 0 aliphatic rings. The van der Waals surface area contributed by atoms with E-state index in [0.717, 1.165) is 22.3 Å². The second-order valence-electron chi connectivity index (χ2n) is 18.9. The van der Waals surface area contributed by atoms with Gasteiger partial charge in [0.2, 0.25) is 0 Å². The molecule has 0 saturated heterocycles. The van der Waals surface area contributed by atoms with Crippen LogP contribution >= 0.6 is 0 Å². The average molecular weight is 813 g/mol. The number of benzene rings is 4. The lowest BCUT2D eigenvalue weighted by molar-refractivity contribution is -0.161. The van der Waals surface area contributed by atoms with Crippen molar-refractivity contribution in [1.29, 1.82) is 0 Å². The van der Waals surface area contributed by atoms with Gasteiger partial charge in [-0.2, -0.15) is 0 Å². The fourth-order valence-electron chi connectivity index (χ4n) is 7.21. The first-order valence-corrected chi connectivity index (χ1v) is 21.2. The van der Waals surface area contributed by atoms with E-state index in [4.69, 9.17) is 18.9 Å². The Balaban J connectivity index is 1.54. The third-order valence-electron chi connectivity index (χ3n) is 12.3. The summed E-state index contributed by atoms with van der Waals surface area (Å²) in [4.78, 5) is 0. The van der Waals surface area contributed by atoms with Gasteiger partial charge in [-0.25, -0.2) is 0 Å². The molecule has 0 aliphatic heterocycles. The molecule has 59 heavy (non-hydrogen) atoms. The maximum atomic E-state index is 12.1. The zero-order valence-electron chi connectivity index (χ0n) is 36.8. The van der Waals surface area contributed by atoms with Gasteiger partial charge >= 0.3 is 0 Å². The minimum atomic E-state index is -0.965. The van der Waals surface area contributed by atoms with Gasteiger partial charge in [-0.3, -0.25) is 0 Å². The van der Waals surface area contributed by atoms with Crippen LogP contribution in [0.15, 0.2) is 121 Å². The molecule has 0 saturated carbocycles. The first-order chi connectivity index (χ1) is 27.9. The summed E-state index contributed by atoms with van der Waals surface area (Å²) >= 11 is 0. The molecule has 8 heteroatoms. The molecule has 324 valence electrons. The molecule has 8 nitrogen and oxygen atoms in total. The highest BCUT2D eigenvalue weighted by Gasteiger charge is 2.46. The summed E-state index contributed by atoms with van der Waals surface area (Å²) in [5.41, 5.74) is 1.07. The molecule has 4 rings (SSSR count). The van der Waals surface area contributed by atoms with Gasteiger partial charge in [-0.05, 0) is 22.3 Å². The molecule has 0 fully saturated rings. The van der Waals surface area contributed by atoms with Crippen LogP contribution in [-0.4, -0.2) is 70.3 Å². The fourth-order valence-corrected chi connectivity index (χ4v) is 7.21. The smallest absolute Gasteiger partial charge is 0.0720 e. The van der Waals surface area contributed by atoms with E-state index in [1.54, 1.807) is 0 Å². The molecule has 0 radical (unpaired) electrons. The van der Waals surface area contributed by atoms with E-state index in [-0.39, 0.29) is 12.8 Å². The Kier molecular flexibility index (Phi) is 18.3. The van der Waals surface area contributed by atoms with Crippen molar-refractivity contribution in [2.45, 2.75) is 138 Å². The molecule has 4 N–H and O–H groups in total. The van der Waals surface area contributed by atoms with Crippen LogP contribution in [0.25, 0.3) is 0 Å². The summed E-state index contributed by atoms with van der Waals surface area (Å²) < 4.78 is 25.6. The van der Waals surface area contributed by atoms with E-state index in [9.17, 15) is 20.4 Å². The average Bonchev–Trinajstić information content (AvgIpc) is 3.21. The molecular formula is C51H72O8. The summed E-state index contributed by atoms with van der Waals surface area (Å²) in [5.74, 6) is 0. The topological polar surface area (TPSA) is 118 Å². The molecule has 0 bridgehead atoms. The molecule has 6 atom stereocenters. The van der Waals surface area contributed by atoms with E-state index < -0.39 is 58.3 Å². The van der Waals surface area contributed by atoms with Gasteiger partial charge in [-0.15, -0.1) is 0 Å². The summed E-state index contributed by atoms with van der Waals surface area (Å²) in [6.07, 6.45) is -4.26. The lowest BCUT2D eigenvalue weighted by atomic mass is 9.69. The number of ether oxygens (including phenoxy) is 4. The highest BCUT2D eigenvalue weighted by molar-refractivity contribution is 5.16. The molecule has 4 aromatic rings. The fraction of sp³-hybridized carbons (Fsp3) is 0.529. The van der Waals surface area contributed by atoms with E-state index in [0.29, 0.717) is 46.1 Å². The summed E-state index contributed by atoms with van der Waals surface area (Å²) in [5, 5.41) is 47.3. The van der Waals surface area contributed by atoms with Gasteiger partial charge in [0.05, 0.1) is 76.3 Å². The summed E-state index contributed by atoms with van der Waals surface area (Å²) in [7, 11) is 0. The van der Waals surface area contributed by atoms with E-state index in [1.807, 2.05) is 177 Å². The minimum absolute atomic E-state index is 0.106. The molecule has 0 aliphatic carbocycles. The zero-order valence-corrected chi connectivity index (χ0v) is 36.8. The predicted octanol–water partition coefficient (Wildman–Crippen LogP) is 9.31. The van der Waals surface area contributed by atoms with Crippen molar-refractivity contribution in [1.82, 2.24) is 0 Å². The monoisotopic (exact) mass is 813 g/mol. The highest BCUT2D eigenvalue weighted by Crippen LogP contribution is 2.42. The molecule has 0 heterocycles. The second kappa shape index (κ2) is 22.4. The number of aliphatic hydroxyl groups is 4. The standard InChI is InChI=1S/C51H72O8/c1-48(2,36-56-32-38-21-13-9-14-22-38)42(52)29-44(54)50(5,6)46(58-34-40-25-17-11-18-26-40)31-47(59-35-41-27-19-12-20-28-41)51(7,8)45(55)30-43(53)49(3,4)37-57-33-39-23-15-10-16-24-39/h9-28,42-47,52-55H,29-37H2,1-8H3/t42-,43-,44-,45-,46+,47+/m0/s1. The SMILES string of the molecule is CC(C)(COCc1ccccc1)[C@@H](O)C[C@H](O)C(C)(C)[C@@H](C[C@@H](OCc1ccccc1)C(C)(C)[C@@H](O)C[C@H](O)C(C)(C)COCc1ccccc1)OCc1ccccc1. The van der Waals surface area contributed by atoms with Crippen molar-refractivity contribution in [3.05, 3.63) is 144 Å². The van der Waals surface area contributed by atoms with Crippen molar-refractivity contribution in [3.63, 3.8) is 0 Å². The Morgan fingerprint density at radius 3 is 0.932 bits per heavy atom. The zero-order chi connectivity index (χ0) is 43.1. The minimum Gasteiger partial charge on any atom is -0.392 e. The third kappa shape index (κ3) is 14.9. The van der Waals surface area contributed by atoms with E-state index in [2.05, 4.69) is 0 Å². The normalized spacial score (nSPS) is 15.9. The number of aliphatic hydroxyl groups excluding tert-OH is 4. The molecule has 4 aromatic carbocycles. The Bertz CT molecular complexity index is 1600. The van der Waals surface area contributed by atoms with Crippen LogP contribution in [0.1, 0.15) is 96.9 Å². The Morgan fingerprint density at radius 1 is 0.373 bits per heavy atom. The molecule has 0 spiro atoms. The first kappa shape index (κ1) is 48.2. The number of rotatable bonds is 26. The maximum absolute atomic E-state index is 12.1. The van der Waals surface area contributed by atoms with Crippen LogP contribution in [0.4, 0.5) is 0 Å². The van der Waals surface area contributed by atoms with E-state index in [1.165, 1.54) is 0 Å². The van der Waals surface area contributed by atoms with E-state index >= 15 is 0 Å². The first-order valence-electron chi connectivity index (χ1n) is 21.2. The van der Waals surface area contributed by atoms with Gasteiger partial charge in [0.15, 0.2) is 0 Å². The van der Waals surface area contributed by atoms with Gasteiger partial charge in [0.25, 0.3) is 0 Å². The summed E-state index contributed by atoms with van der Waals surface area (Å²) in [6, 6.07) is 39.7. The lowest BCUT2D eigenvalue weighted by Gasteiger charge is -2.46. The van der Waals surface area contributed by atoms with Gasteiger partial charge in [0.1, 0.15) is 0 Å². The van der Waals surface area contributed by atoms with Gasteiger partial charge in [-0.1, -0.05) is 177 Å². The van der Waals surface area contributed by atoms with Crippen molar-refractivity contribution in [3.8, 4) is 0 Å². The van der Waals surface area contributed by atoms with Gasteiger partial charge in [0, 0.05) is 40.9 Å². The highest BCUT2D eigenvalue weighted by atomic mass is 16.5.